The lowest BCUT2D eigenvalue weighted by molar-refractivity contribution is -0.116. The average molecular weight is 359 g/mol. The number of halogens is 1. The minimum atomic E-state index is -0.313. The standard InChI is InChI=1S/C21H30FN3O/c22-20-9-5-4-6-18(20)10-11-21(26)23-12-13-24-14-16-25(17-15-24)19-7-2-1-3-8-19/h4-6,9-11,19H,1-3,7-8,12-17H2,(H,23,26)/b11-10+. The fourth-order valence-corrected chi connectivity index (χ4v) is 3.97. The SMILES string of the molecule is O=C(/C=C/c1ccccc1F)NCCN1CCN(C2CCCCC2)CC1. The van der Waals surface area contributed by atoms with E-state index in [9.17, 15) is 9.18 Å². The Kier molecular flexibility index (Phi) is 7.21. The summed E-state index contributed by atoms with van der Waals surface area (Å²) in [5.41, 5.74) is 0.432. The minimum Gasteiger partial charge on any atom is -0.351 e. The third-order valence-electron chi connectivity index (χ3n) is 5.54. The predicted octanol–water partition coefficient (Wildman–Crippen LogP) is 2.91. The fraction of sp³-hybridized carbons (Fsp3) is 0.571. The Labute approximate surface area is 156 Å². The summed E-state index contributed by atoms with van der Waals surface area (Å²) in [6.45, 7) is 5.95. The summed E-state index contributed by atoms with van der Waals surface area (Å²) < 4.78 is 13.5. The molecule has 0 radical (unpaired) electrons. The molecule has 0 unspecified atom stereocenters. The van der Waals surface area contributed by atoms with Gasteiger partial charge in [-0.2, -0.15) is 0 Å². The van der Waals surface area contributed by atoms with Crippen LogP contribution in [0.5, 0.6) is 0 Å². The fourth-order valence-electron chi connectivity index (χ4n) is 3.97. The quantitative estimate of drug-likeness (QED) is 0.794. The molecule has 1 N–H and O–H groups in total. The maximum Gasteiger partial charge on any atom is 0.244 e. The van der Waals surface area contributed by atoms with Crippen LogP contribution in [0, 0.1) is 5.82 Å². The zero-order valence-corrected chi connectivity index (χ0v) is 15.5. The molecule has 1 amide bonds. The molecule has 142 valence electrons. The van der Waals surface area contributed by atoms with Crippen LogP contribution >= 0.6 is 0 Å². The summed E-state index contributed by atoms with van der Waals surface area (Å²) in [6, 6.07) is 7.25. The molecule has 3 rings (SSSR count). The first-order valence-electron chi connectivity index (χ1n) is 9.89. The highest BCUT2D eigenvalue weighted by atomic mass is 19.1. The van der Waals surface area contributed by atoms with E-state index in [2.05, 4.69) is 15.1 Å². The van der Waals surface area contributed by atoms with Gasteiger partial charge >= 0.3 is 0 Å². The number of benzene rings is 1. The molecule has 1 aromatic rings. The molecule has 0 spiro atoms. The first-order valence-corrected chi connectivity index (χ1v) is 9.89. The van der Waals surface area contributed by atoms with E-state index in [-0.39, 0.29) is 11.7 Å². The molecule has 1 aromatic carbocycles. The average Bonchev–Trinajstić information content (AvgIpc) is 2.69. The number of piperazine rings is 1. The summed E-state index contributed by atoms with van der Waals surface area (Å²) in [5, 5.41) is 2.89. The number of nitrogens with one attached hydrogen (secondary N) is 1. The van der Waals surface area contributed by atoms with Gasteiger partial charge in [-0.3, -0.25) is 14.6 Å². The lowest BCUT2D eigenvalue weighted by Crippen LogP contribution is -2.51. The van der Waals surface area contributed by atoms with Gasteiger partial charge in [0.1, 0.15) is 5.82 Å². The van der Waals surface area contributed by atoms with Crippen molar-refractivity contribution in [2.75, 3.05) is 39.3 Å². The van der Waals surface area contributed by atoms with Gasteiger partial charge in [-0.05, 0) is 25.0 Å². The van der Waals surface area contributed by atoms with Crippen LogP contribution in [0.4, 0.5) is 4.39 Å². The molecule has 2 aliphatic rings. The number of carbonyl (C=O) groups excluding carboxylic acids is 1. The molecule has 1 saturated carbocycles. The Morgan fingerprint density at radius 1 is 1.12 bits per heavy atom. The molecule has 0 bridgehead atoms. The van der Waals surface area contributed by atoms with Gasteiger partial charge in [0.25, 0.3) is 0 Å². The van der Waals surface area contributed by atoms with E-state index in [4.69, 9.17) is 0 Å². The van der Waals surface area contributed by atoms with Crippen molar-refractivity contribution in [1.82, 2.24) is 15.1 Å². The van der Waals surface area contributed by atoms with Crippen LogP contribution < -0.4 is 5.32 Å². The van der Waals surface area contributed by atoms with Gasteiger partial charge < -0.3 is 5.32 Å². The van der Waals surface area contributed by atoms with Gasteiger partial charge in [-0.1, -0.05) is 37.5 Å². The van der Waals surface area contributed by atoms with Crippen LogP contribution in [-0.2, 0) is 4.79 Å². The third kappa shape index (κ3) is 5.64. The summed E-state index contributed by atoms with van der Waals surface area (Å²) in [4.78, 5) is 17.0. The van der Waals surface area contributed by atoms with Crippen LogP contribution in [0.3, 0.4) is 0 Å². The van der Waals surface area contributed by atoms with Crippen LogP contribution in [0.25, 0.3) is 6.08 Å². The smallest absolute Gasteiger partial charge is 0.244 e. The van der Waals surface area contributed by atoms with E-state index in [0.717, 1.165) is 38.8 Å². The summed E-state index contributed by atoms with van der Waals surface area (Å²) in [5.74, 6) is -0.485. The van der Waals surface area contributed by atoms with Crippen LogP contribution in [0.15, 0.2) is 30.3 Å². The Morgan fingerprint density at radius 2 is 1.85 bits per heavy atom. The normalized spacial score (nSPS) is 20.5. The van der Waals surface area contributed by atoms with Crippen molar-refractivity contribution in [3.8, 4) is 0 Å². The predicted molar refractivity (Wildman–Crippen MR) is 103 cm³/mol. The highest BCUT2D eigenvalue weighted by Crippen LogP contribution is 2.23. The Hall–Kier alpha value is -1.72. The molecule has 2 fully saturated rings. The zero-order valence-electron chi connectivity index (χ0n) is 15.5. The van der Waals surface area contributed by atoms with Crippen molar-refractivity contribution in [3.63, 3.8) is 0 Å². The van der Waals surface area contributed by atoms with Crippen molar-refractivity contribution in [1.29, 1.82) is 0 Å². The molecule has 1 aliphatic heterocycles. The second-order valence-corrected chi connectivity index (χ2v) is 7.32. The summed E-state index contributed by atoms with van der Waals surface area (Å²) >= 11 is 0. The zero-order chi connectivity index (χ0) is 18.2. The molecular weight excluding hydrogens is 329 g/mol. The Balaban J connectivity index is 1.32. The summed E-state index contributed by atoms with van der Waals surface area (Å²) in [7, 11) is 0. The minimum absolute atomic E-state index is 0.172. The number of nitrogens with zero attached hydrogens (tertiary/aromatic N) is 2. The van der Waals surface area contributed by atoms with Crippen molar-refractivity contribution in [2.45, 2.75) is 38.1 Å². The van der Waals surface area contributed by atoms with Crippen molar-refractivity contribution in [3.05, 3.63) is 41.7 Å². The van der Waals surface area contributed by atoms with Gasteiger partial charge in [0.15, 0.2) is 0 Å². The maximum atomic E-state index is 13.5. The van der Waals surface area contributed by atoms with Gasteiger partial charge in [-0.25, -0.2) is 4.39 Å². The number of hydrogen-bond acceptors (Lipinski definition) is 3. The molecule has 1 heterocycles. The number of hydrogen-bond donors (Lipinski definition) is 1. The highest BCUT2D eigenvalue weighted by Gasteiger charge is 2.24. The van der Waals surface area contributed by atoms with E-state index in [1.165, 1.54) is 50.3 Å². The number of carbonyl (C=O) groups is 1. The van der Waals surface area contributed by atoms with Crippen molar-refractivity contribution < 1.29 is 9.18 Å². The molecule has 5 heteroatoms. The van der Waals surface area contributed by atoms with Crippen LogP contribution in [0.1, 0.15) is 37.7 Å². The molecule has 0 aromatic heterocycles. The topological polar surface area (TPSA) is 35.6 Å². The van der Waals surface area contributed by atoms with Gasteiger partial charge in [-0.15, -0.1) is 0 Å². The second kappa shape index (κ2) is 9.83. The van der Waals surface area contributed by atoms with Crippen LogP contribution in [-0.4, -0.2) is 61.0 Å². The number of amides is 1. The van der Waals surface area contributed by atoms with E-state index >= 15 is 0 Å². The molecule has 1 saturated heterocycles. The van der Waals surface area contributed by atoms with Crippen molar-refractivity contribution >= 4 is 12.0 Å². The first kappa shape index (κ1) is 19.1. The van der Waals surface area contributed by atoms with E-state index in [1.807, 2.05) is 0 Å². The van der Waals surface area contributed by atoms with Gasteiger partial charge in [0, 0.05) is 56.9 Å². The Morgan fingerprint density at radius 3 is 2.58 bits per heavy atom. The molecule has 0 atom stereocenters. The molecular formula is C21H30FN3O. The van der Waals surface area contributed by atoms with Crippen LogP contribution in [0.2, 0.25) is 0 Å². The van der Waals surface area contributed by atoms with E-state index < -0.39 is 0 Å². The molecule has 26 heavy (non-hydrogen) atoms. The second-order valence-electron chi connectivity index (χ2n) is 7.32. The highest BCUT2D eigenvalue weighted by molar-refractivity contribution is 5.91. The first-order chi connectivity index (χ1) is 12.7. The van der Waals surface area contributed by atoms with Crippen molar-refractivity contribution in [2.24, 2.45) is 0 Å². The lowest BCUT2D eigenvalue weighted by Gasteiger charge is -2.40. The lowest BCUT2D eigenvalue weighted by atomic mass is 9.94. The third-order valence-corrected chi connectivity index (χ3v) is 5.54. The maximum absolute atomic E-state index is 13.5. The summed E-state index contributed by atoms with van der Waals surface area (Å²) in [6.07, 6.45) is 9.83. The van der Waals surface area contributed by atoms with Gasteiger partial charge in [0.05, 0.1) is 0 Å². The monoisotopic (exact) mass is 359 g/mol. The van der Waals surface area contributed by atoms with E-state index in [1.54, 1.807) is 18.2 Å². The Bertz CT molecular complexity index is 605. The van der Waals surface area contributed by atoms with Gasteiger partial charge in [0.2, 0.25) is 5.91 Å². The largest absolute Gasteiger partial charge is 0.351 e. The van der Waals surface area contributed by atoms with E-state index in [0.29, 0.717) is 12.1 Å². The molecule has 1 aliphatic carbocycles. The molecule has 4 nitrogen and oxygen atoms in total. The number of rotatable bonds is 6.